The Labute approximate surface area is 104 Å². The largest absolute Gasteiger partial charge is 0.354 e. The summed E-state index contributed by atoms with van der Waals surface area (Å²) in [6, 6.07) is 0.724. The fraction of sp³-hybridized carbons (Fsp3) is 1.00. The Bertz CT molecular complexity index is 259. The number of likely N-dealkylation sites (N-methyl/N-ethyl adjacent to an activating group) is 1. The van der Waals surface area contributed by atoms with Crippen LogP contribution in [0.2, 0.25) is 0 Å². The van der Waals surface area contributed by atoms with Crippen molar-refractivity contribution in [2.75, 3.05) is 39.8 Å². The third-order valence-corrected chi connectivity index (χ3v) is 4.46. The minimum atomic E-state index is 0.365. The summed E-state index contributed by atoms with van der Waals surface area (Å²) in [6.45, 7) is 8.44. The Balaban J connectivity index is 1.30. The molecule has 1 N–H and O–H groups in total. The molecule has 2 aliphatic heterocycles. The molecule has 0 spiro atoms. The van der Waals surface area contributed by atoms with Crippen molar-refractivity contribution in [3.8, 4) is 0 Å². The molecule has 0 bridgehead atoms. The summed E-state index contributed by atoms with van der Waals surface area (Å²) in [5.74, 6) is 0.921. The van der Waals surface area contributed by atoms with Gasteiger partial charge in [-0.05, 0) is 32.7 Å². The fourth-order valence-electron chi connectivity index (χ4n) is 3.01. The van der Waals surface area contributed by atoms with Gasteiger partial charge in [-0.25, -0.2) is 0 Å². The van der Waals surface area contributed by atoms with Crippen molar-refractivity contribution in [3.63, 3.8) is 0 Å². The number of rotatable bonds is 4. The number of ether oxygens (including phenoxy) is 1. The zero-order valence-corrected chi connectivity index (χ0v) is 11.1. The SMILES string of the molecule is CC1OC1NC1CC(CN2CCN(C)CC2)C1. The number of hydrogen-bond donors (Lipinski definition) is 1. The maximum absolute atomic E-state index is 5.39. The number of epoxide rings is 1. The summed E-state index contributed by atoms with van der Waals surface area (Å²) in [5.41, 5.74) is 0. The van der Waals surface area contributed by atoms with Gasteiger partial charge in [-0.1, -0.05) is 0 Å². The molecule has 0 radical (unpaired) electrons. The molecule has 3 rings (SSSR count). The van der Waals surface area contributed by atoms with Gasteiger partial charge in [0.25, 0.3) is 0 Å². The molecule has 17 heavy (non-hydrogen) atoms. The standard InChI is InChI=1S/C13H25N3O/c1-10-13(17-10)14-12-7-11(8-12)9-16-5-3-15(2)4-6-16/h10-14H,3-9H2,1-2H3. The number of nitrogens with zero attached hydrogens (tertiary/aromatic N) is 2. The Kier molecular flexibility index (Phi) is 3.39. The molecule has 2 saturated heterocycles. The van der Waals surface area contributed by atoms with Gasteiger partial charge in [-0.3, -0.25) is 5.32 Å². The van der Waals surface area contributed by atoms with E-state index in [4.69, 9.17) is 4.74 Å². The predicted octanol–water partition coefficient (Wildman–Crippen LogP) is 0.347. The van der Waals surface area contributed by atoms with Crippen LogP contribution in [0.25, 0.3) is 0 Å². The van der Waals surface area contributed by atoms with Crippen LogP contribution in [0.1, 0.15) is 19.8 Å². The highest BCUT2D eigenvalue weighted by molar-refractivity contribution is 4.91. The van der Waals surface area contributed by atoms with E-state index in [9.17, 15) is 0 Å². The van der Waals surface area contributed by atoms with Crippen LogP contribution in [0, 0.1) is 5.92 Å². The van der Waals surface area contributed by atoms with E-state index >= 15 is 0 Å². The van der Waals surface area contributed by atoms with E-state index in [0.29, 0.717) is 12.3 Å². The van der Waals surface area contributed by atoms with Gasteiger partial charge in [0.05, 0.1) is 6.10 Å². The van der Waals surface area contributed by atoms with Gasteiger partial charge in [-0.2, -0.15) is 0 Å². The molecule has 1 saturated carbocycles. The number of nitrogens with one attached hydrogen (secondary N) is 1. The summed E-state index contributed by atoms with van der Waals surface area (Å²) < 4.78 is 5.39. The second-order valence-electron chi connectivity index (χ2n) is 6.07. The van der Waals surface area contributed by atoms with Crippen LogP contribution in [0.5, 0.6) is 0 Å². The lowest BCUT2D eigenvalue weighted by Crippen LogP contribution is -2.50. The third kappa shape index (κ3) is 2.99. The molecule has 2 atom stereocenters. The quantitative estimate of drug-likeness (QED) is 0.717. The smallest absolute Gasteiger partial charge is 0.135 e. The van der Waals surface area contributed by atoms with Gasteiger partial charge < -0.3 is 14.5 Å². The zero-order chi connectivity index (χ0) is 11.8. The highest BCUT2D eigenvalue weighted by atomic mass is 16.6. The monoisotopic (exact) mass is 239 g/mol. The van der Waals surface area contributed by atoms with Crippen molar-refractivity contribution in [1.82, 2.24) is 15.1 Å². The maximum atomic E-state index is 5.39. The van der Waals surface area contributed by atoms with Crippen LogP contribution in [-0.4, -0.2) is 67.9 Å². The van der Waals surface area contributed by atoms with Gasteiger partial charge >= 0.3 is 0 Å². The van der Waals surface area contributed by atoms with Crippen molar-refractivity contribution in [2.45, 2.75) is 38.1 Å². The summed E-state index contributed by atoms with van der Waals surface area (Å²) in [5, 5.41) is 3.57. The summed E-state index contributed by atoms with van der Waals surface area (Å²) in [4.78, 5) is 5.06. The van der Waals surface area contributed by atoms with E-state index in [0.717, 1.165) is 12.0 Å². The van der Waals surface area contributed by atoms with E-state index in [1.54, 1.807) is 0 Å². The molecule has 3 aliphatic rings. The second kappa shape index (κ2) is 4.84. The molecule has 4 nitrogen and oxygen atoms in total. The molecule has 0 amide bonds. The van der Waals surface area contributed by atoms with Gasteiger partial charge in [0.15, 0.2) is 0 Å². The van der Waals surface area contributed by atoms with Crippen molar-refractivity contribution in [2.24, 2.45) is 5.92 Å². The predicted molar refractivity (Wildman–Crippen MR) is 67.9 cm³/mol. The Morgan fingerprint density at radius 2 is 1.82 bits per heavy atom. The van der Waals surface area contributed by atoms with Gasteiger partial charge in [-0.15, -0.1) is 0 Å². The molecule has 0 aromatic rings. The Morgan fingerprint density at radius 1 is 1.18 bits per heavy atom. The van der Waals surface area contributed by atoms with Crippen molar-refractivity contribution >= 4 is 0 Å². The lowest BCUT2D eigenvalue weighted by Gasteiger charge is -2.41. The molecule has 2 heterocycles. The average molecular weight is 239 g/mol. The normalized spacial score (nSPS) is 43.4. The first-order chi connectivity index (χ1) is 8.20. The minimum Gasteiger partial charge on any atom is -0.354 e. The zero-order valence-electron chi connectivity index (χ0n) is 11.1. The van der Waals surface area contributed by atoms with Crippen LogP contribution in [0.3, 0.4) is 0 Å². The molecule has 3 fully saturated rings. The molecular weight excluding hydrogens is 214 g/mol. The average Bonchev–Trinajstić information content (AvgIpc) is 2.94. The Hall–Kier alpha value is -0.160. The van der Waals surface area contributed by atoms with Crippen molar-refractivity contribution in [1.29, 1.82) is 0 Å². The second-order valence-corrected chi connectivity index (χ2v) is 6.07. The molecule has 0 aromatic carbocycles. The van der Waals surface area contributed by atoms with E-state index < -0.39 is 0 Å². The molecule has 1 aliphatic carbocycles. The fourth-order valence-corrected chi connectivity index (χ4v) is 3.01. The maximum Gasteiger partial charge on any atom is 0.135 e. The van der Waals surface area contributed by atoms with E-state index in [-0.39, 0.29) is 0 Å². The minimum absolute atomic E-state index is 0.365. The number of hydrogen-bond acceptors (Lipinski definition) is 4. The van der Waals surface area contributed by atoms with E-state index in [2.05, 4.69) is 29.1 Å². The first kappa shape index (κ1) is 11.9. The van der Waals surface area contributed by atoms with Crippen LogP contribution in [0.4, 0.5) is 0 Å². The highest BCUT2D eigenvalue weighted by Crippen LogP contribution is 2.31. The van der Waals surface area contributed by atoms with Crippen LogP contribution in [0.15, 0.2) is 0 Å². The molecule has 98 valence electrons. The van der Waals surface area contributed by atoms with Crippen LogP contribution >= 0.6 is 0 Å². The van der Waals surface area contributed by atoms with Crippen molar-refractivity contribution < 1.29 is 4.74 Å². The van der Waals surface area contributed by atoms with Crippen LogP contribution in [-0.2, 0) is 4.74 Å². The summed E-state index contributed by atoms with van der Waals surface area (Å²) in [6.07, 6.45) is 3.51. The Morgan fingerprint density at radius 3 is 2.41 bits per heavy atom. The van der Waals surface area contributed by atoms with E-state index in [1.165, 1.54) is 45.6 Å². The highest BCUT2D eigenvalue weighted by Gasteiger charge is 2.39. The summed E-state index contributed by atoms with van der Waals surface area (Å²) in [7, 11) is 2.22. The van der Waals surface area contributed by atoms with Gasteiger partial charge in [0.2, 0.25) is 0 Å². The molecule has 4 heteroatoms. The van der Waals surface area contributed by atoms with E-state index in [1.807, 2.05) is 0 Å². The first-order valence-electron chi connectivity index (χ1n) is 7.03. The lowest BCUT2D eigenvalue weighted by molar-refractivity contribution is 0.0954. The van der Waals surface area contributed by atoms with Crippen LogP contribution < -0.4 is 5.32 Å². The molecular formula is C13H25N3O. The first-order valence-corrected chi connectivity index (χ1v) is 7.03. The van der Waals surface area contributed by atoms with Gasteiger partial charge in [0, 0.05) is 38.8 Å². The molecule has 2 unspecified atom stereocenters. The molecule has 0 aromatic heterocycles. The van der Waals surface area contributed by atoms with Crippen molar-refractivity contribution in [3.05, 3.63) is 0 Å². The van der Waals surface area contributed by atoms with Gasteiger partial charge in [0.1, 0.15) is 6.23 Å². The number of piperazine rings is 1. The topological polar surface area (TPSA) is 31.0 Å². The third-order valence-electron chi connectivity index (χ3n) is 4.46. The lowest BCUT2D eigenvalue weighted by atomic mass is 9.79. The summed E-state index contributed by atoms with van der Waals surface area (Å²) >= 11 is 0.